The van der Waals surface area contributed by atoms with Crippen molar-refractivity contribution in [3.63, 3.8) is 0 Å². The van der Waals surface area contributed by atoms with Gasteiger partial charge in [0.25, 0.3) is 0 Å². The second-order valence-electron chi connectivity index (χ2n) is 4.13. The number of nitrogens with zero attached hydrogens (tertiary/aromatic N) is 3. The monoisotopic (exact) mass is 269 g/mol. The molecule has 1 aromatic carbocycles. The largest absolute Gasteiger partial charge is 0.507 e. The Morgan fingerprint density at radius 1 is 1.20 bits per heavy atom. The van der Waals surface area contributed by atoms with Crippen LogP contribution in [-0.4, -0.2) is 32.8 Å². The number of aromatic hydroxyl groups is 1. The van der Waals surface area contributed by atoms with Gasteiger partial charge in [-0.25, -0.2) is 14.3 Å². The van der Waals surface area contributed by atoms with Crippen LogP contribution in [0.3, 0.4) is 0 Å². The number of esters is 1. The molecule has 0 saturated heterocycles. The van der Waals surface area contributed by atoms with Crippen molar-refractivity contribution in [2.24, 2.45) is 0 Å². The maximum atomic E-state index is 11.7. The maximum absolute atomic E-state index is 11.7. The van der Waals surface area contributed by atoms with Crippen LogP contribution in [0.5, 0.6) is 5.75 Å². The third-order valence-electron chi connectivity index (χ3n) is 2.90. The molecule has 0 radical (unpaired) electrons. The van der Waals surface area contributed by atoms with Crippen molar-refractivity contribution in [1.82, 2.24) is 14.6 Å². The van der Waals surface area contributed by atoms with Gasteiger partial charge in [0.1, 0.15) is 5.75 Å². The van der Waals surface area contributed by atoms with Crippen LogP contribution in [0.2, 0.25) is 0 Å². The van der Waals surface area contributed by atoms with E-state index in [2.05, 4.69) is 10.1 Å². The van der Waals surface area contributed by atoms with Crippen molar-refractivity contribution < 1.29 is 14.6 Å². The third-order valence-corrected chi connectivity index (χ3v) is 2.90. The van der Waals surface area contributed by atoms with E-state index in [-0.39, 0.29) is 11.4 Å². The molecule has 3 aromatic rings. The number of aromatic nitrogens is 3. The van der Waals surface area contributed by atoms with Gasteiger partial charge in [0.05, 0.1) is 12.7 Å². The number of hydrogen-bond donors (Lipinski definition) is 1. The number of para-hydroxylation sites is 1. The highest BCUT2D eigenvalue weighted by molar-refractivity contribution is 5.88. The van der Waals surface area contributed by atoms with Gasteiger partial charge in [-0.1, -0.05) is 18.2 Å². The quantitative estimate of drug-likeness (QED) is 0.719. The molecule has 0 bridgehead atoms. The number of hydrogen-bond acceptors (Lipinski definition) is 5. The lowest BCUT2D eigenvalue weighted by Crippen LogP contribution is -2.08. The number of phenolic OH excluding ortho intramolecular Hbond substituents is 1. The Balaban J connectivity index is 2.21. The average Bonchev–Trinajstić information content (AvgIpc) is 2.90. The fourth-order valence-corrected chi connectivity index (χ4v) is 1.94. The molecule has 0 spiro atoms. The molecule has 0 atom stereocenters. The van der Waals surface area contributed by atoms with E-state index in [9.17, 15) is 9.90 Å². The number of benzene rings is 1. The Morgan fingerprint density at radius 3 is 2.75 bits per heavy atom. The molecule has 0 amide bonds. The molecule has 100 valence electrons. The normalized spacial score (nSPS) is 10.7. The first-order valence-electron chi connectivity index (χ1n) is 5.93. The molecule has 2 aromatic heterocycles. The summed E-state index contributed by atoms with van der Waals surface area (Å²) in [6, 6.07) is 11.8. The zero-order chi connectivity index (χ0) is 14.1. The Bertz CT molecular complexity index is 795. The summed E-state index contributed by atoms with van der Waals surface area (Å²) in [6.07, 6.45) is 0. The standard InChI is InChI=1S/C14H11N3O3/c1-20-14(19)10-6-4-8-12-15-13(16-17(10)12)9-5-2-3-7-11(9)18/h2-8,18H,1H3. The topological polar surface area (TPSA) is 76.7 Å². The molecule has 6 nitrogen and oxygen atoms in total. The Labute approximate surface area is 114 Å². The summed E-state index contributed by atoms with van der Waals surface area (Å²) in [5, 5.41) is 14.1. The number of carbonyl (C=O) groups is 1. The van der Waals surface area contributed by atoms with Crippen LogP contribution in [0.1, 0.15) is 10.5 Å². The van der Waals surface area contributed by atoms with Gasteiger partial charge in [-0.15, -0.1) is 5.10 Å². The lowest BCUT2D eigenvalue weighted by atomic mass is 10.2. The number of pyridine rings is 1. The van der Waals surface area contributed by atoms with Gasteiger partial charge < -0.3 is 9.84 Å². The molecule has 6 heteroatoms. The minimum atomic E-state index is -0.496. The van der Waals surface area contributed by atoms with Crippen molar-refractivity contribution in [3.8, 4) is 17.1 Å². The fraction of sp³-hybridized carbons (Fsp3) is 0.0714. The summed E-state index contributed by atoms with van der Waals surface area (Å²) < 4.78 is 6.10. The molecule has 1 N–H and O–H groups in total. The highest BCUT2D eigenvalue weighted by Crippen LogP contribution is 2.26. The highest BCUT2D eigenvalue weighted by atomic mass is 16.5. The first-order chi connectivity index (χ1) is 9.70. The first kappa shape index (κ1) is 12.2. The average molecular weight is 269 g/mol. The number of phenols is 1. The summed E-state index contributed by atoms with van der Waals surface area (Å²) in [4.78, 5) is 16.0. The molecule has 2 heterocycles. The molecular formula is C14H11N3O3. The fourth-order valence-electron chi connectivity index (χ4n) is 1.94. The Hall–Kier alpha value is -2.89. The van der Waals surface area contributed by atoms with E-state index >= 15 is 0 Å². The van der Waals surface area contributed by atoms with Gasteiger partial charge >= 0.3 is 5.97 Å². The second kappa shape index (κ2) is 4.65. The lowest BCUT2D eigenvalue weighted by Gasteiger charge is -2.00. The molecule has 20 heavy (non-hydrogen) atoms. The van der Waals surface area contributed by atoms with Gasteiger partial charge in [0.15, 0.2) is 17.2 Å². The Morgan fingerprint density at radius 2 is 2.00 bits per heavy atom. The minimum Gasteiger partial charge on any atom is -0.507 e. The van der Waals surface area contributed by atoms with Crippen LogP contribution in [-0.2, 0) is 4.74 Å². The first-order valence-corrected chi connectivity index (χ1v) is 5.93. The molecule has 0 aliphatic carbocycles. The summed E-state index contributed by atoms with van der Waals surface area (Å²) in [7, 11) is 1.31. The van der Waals surface area contributed by atoms with Crippen molar-refractivity contribution in [2.45, 2.75) is 0 Å². The molecule has 0 unspecified atom stereocenters. The van der Waals surface area contributed by atoms with Gasteiger partial charge in [0, 0.05) is 0 Å². The zero-order valence-corrected chi connectivity index (χ0v) is 10.6. The van der Waals surface area contributed by atoms with E-state index < -0.39 is 5.97 Å². The maximum Gasteiger partial charge on any atom is 0.356 e. The zero-order valence-electron chi connectivity index (χ0n) is 10.6. The number of methoxy groups -OCH3 is 1. The second-order valence-corrected chi connectivity index (χ2v) is 4.13. The van der Waals surface area contributed by atoms with Crippen LogP contribution >= 0.6 is 0 Å². The van der Waals surface area contributed by atoms with Gasteiger partial charge in [0.2, 0.25) is 0 Å². The smallest absolute Gasteiger partial charge is 0.356 e. The summed E-state index contributed by atoms with van der Waals surface area (Å²) in [5.74, 6) is -0.0631. The van der Waals surface area contributed by atoms with Crippen molar-refractivity contribution in [3.05, 3.63) is 48.2 Å². The van der Waals surface area contributed by atoms with Crippen LogP contribution in [0, 0.1) is 0 Å². The molecule has 3 rings (SSSR count). The van der Waals surface area contributed by atoms with E-state index in [0.29, 0.717) is 17.0 Å². The number of fused-ring (bicyclic) bond motifs is 1. The number of ether oxygens (including phenoxy) is 1. The van der Waals surface area contributed by atoms with Crippen molar-refractivity contribution in [1.29, 1.82) is 0 Å². The number of rotatable bonds is 2. The van der Waals surface area contributed by atoms with Gasteiger partial charge in [-0.05, 0) is 24.3 Å². The van der Waals surface area contributed by atoms with Gasteiger partial charge in [-0.3, -0.25) is 0 Å². The van der Waals surface area contributed by atoms with Crippen LogP contribution < -0.4 is 0 Å². The molecule has 0 aliphatic heterocycles. The van der Waals surface area contributed by atoms with Crippen LogP contribution in [0.4, 0.5) is 0 Å². The van der Waals surface area contributed by atoms with E-state index in [1.54, 1.807) is 42.5 Å². The van der Waals surface area contributed by atoms with E-state index in [4.69, 9.17) is 4.74 Å². The van der Waals surface area contributed by atoms with Crippen LogP contribution in [0.15, 0.2) is 42.5 Å². The van der Waals surface area contributed by atoms with Crippen molar-refractivity contribution in [2.75, 3.05) is 7.11 Å². The van der Waals surface area contributed by atoms with E-state index in [1.807, 2.05) is 0 Å². The third kappa shape index (κ3) is 1.87. The summed E-state index contributed by atoms with van der Waals surface area (Å²) in [5.41, 5.74) is 1.29. The summed E-state index contributed by atoms with van der Waals surface area (Å²) in [6.45, 7) is 0. The molecule has 0 fully saturated rings. The van der Waals surface area contributed by atoms with E-state index in [1.165, 1.54) is 11.6 Å². The predicted molar refractivity (Wildman–Crippen MR) is 71.4 cm³/mol. The Kier molecular flexibility index (Phi) is 2.83. The SMILES string of the molecule is COC(=O)c1cccc2nc(-c3ccccc3O)nn12. The van der Waals surface area contributed by atoms with Gasteiger partial charge in [-0.2, -0.15) is 0 Å². The lowest BCUT2D eigenvalue weighted by molar-refractivity contribution is 0.0591. The summed E-state index contributed by atoms with van der Waals surface area (Å²) >= 11 is 0. The van der Waals surface area contributed by atoms with Crippen molar-refractivity contribution >= 4 is 11.6 Å². The highest BCUT2D eigenvalue weighted by Gasteiger charge is 2.15. The molecular weight excluding hydrogens is 258 g/mol. The predicted octanol–water partition coefficient (Wildman–Crippen LogP) is 1.89. The molecule has 0 saturated carbocycles. The minimum absolute atomic E-state index is 0.0861. The van der Waals surface area contributed by atoms with Crippen LogP contribution in [0.25, 0.3) is 17.0 Å². The molecule has 0 aliphatic rings. The van der Waals surface area contributed by atoms with E-state index in [0.717, 1.165) is 0 Å². The number of carbonyl (C=O) groups excluding carboxylic acids is 1.